The molecule has 0 aliphatic heterocycles. The molecule has 0 saturated heterocycles. The Balaban J connectivity index is 1.70. The molecule has 7 heteroatoms. The SMILES string of the molecule is CCCCOc1ccc(/C=N\n2c(CCC)nnc2SCc2ccc(Br)cc2)cc1. The molecule has 3 rings (SSSR count). The molecule has 0 unspecified atom stereocenters. The van der Waals surface area contributed by atoms with Gasteiger partial charge in [-0.3, -0.25) is 0 Å². The van der Waals surface area contributed by atoms with Gasteiger partial charge in [0.05, 0.1) is 12.8 Å². The van der Waals surface area contributed by atoms with Gasteiger partial charge in [0, 0.05) is 16.6 Å². The van der Waals surface area contributed by atoms with Gasteiger partial charge in [-0.1, -0.05) is 60.1 Å². The number of aryl methyl sites for hydroxylation is 1. The highest BCUT2D eigenvalue weighted by atomic mass is 79.9. The van der Waals surface area contributed by atoms with E-state index in [0.717, 1.165) is 64.8 Å². The third-order valence-electron chi connectivity index (χ3n) is 4.40. The van der Waals surface area contributed by atoms with Crippen LogP contribution in [0.25, 0.3) is 0 Å². The predicted molar refractivity (Wildman–Crippen MR) is 128 cm³/mol. The average Bonchev–Trinajstić information content (AvgIpc) is 3.15. The molecule has 158 valence electrons. The third-order valence-corrected chi connectivity index (χ3v) is 5.92. The van der Waals surface area contributed by atoms with Crippen molar-refractivity contribution in [3.8, 4) is 5.75 Å². The Morgan fingerprint density at radius 2 is 1.80 bits per heavy atom. The molecule has 1 aromatic heterocycles. The normalized spacial score (nSPS) is 11.3. The van der Waals surface area contributed by atoms with E-state index in [2.05, 4.69) is 69.3 Å². The lowest BCUT2D eigenvalue weighted by molar-refractivity contribution is 0.309. The number of thioether (sulfide) groups is 1. The number of benzene rings is 2. The zero-order chi connectivity index (χ0) is 21.2. The van der Waals surface area contributed by atoms with E-state index in [9.17, 15) is 0 Å². The van der Waals surface area contributed by atoms with Gasteiger partial charge in [0.2, 0.25) is 5.16 Å². The van der Waals surface area contributed by atoms with Gasteiger partial charge in [0.15, 0.2) is 5.82 Å². The van der Waals surface area contributed by atoms with E-state index in [1.54, 1.807) is 11.8 Å². The summed E-state index contributed by atoms with van der Waals surface area (Å²) in [5, 5.41) is 14.2. The Hall–Kier alpha value is -2.12. The number of rotatable bonds is 11. The van der Waals surface area contributed by atoms with Crippen molar-refractivity contribution in [2.75, 3.05) is 6.61 Å². The van der Waals surface area contributed by atoms with Crippen LogP contribution < -0.4 is 4.74 Å². The zero-order valence-electron chi connectivity index (χ0n) is 17.4. The Morgan fingerprint density at radius 3 is 2.50 bits per heavy atom. The Kier molecular flexibility index (Phi) is 8.96. The minimum atomic E-state index is 0.754. The molecule has 0 saturated carbocycles. The van der Waals surface area contributed by atoms with Gasteiger partial charge in [-0.25, -0.2) is 0 Å². The van der Waals surface area contributed by atoms with Crippen molar-refractivity contribution < 1.29 is 4.74 Å². The van der Waals surface area contributed by atoms with E-state index in [0.29, 0.717) is 0 Å². The molecule has 0 spiro atoms. The molecule has 0 radical (unpaired) electrons. The molecular formula is C23H27BrN4OS. The molecule has 5 nitrogen and oxygen atoms in total. The molecule has 0 amide bonds. The summed E-state index contributed by atoms with van der Waals surface area (Å²) in [4.78, 5) is 0. The highest BCUT2D eigenvalue weighted by Crippen LogP contribution is 2.23. The first-order valence-electron chi connectivity index (χ1n) is 10.3. The van der Waals surface area contributed by atoms with Crippen molar-refractivity contribution in [1.82, 2.24) is 14.9 Å². The van der Waals surface area contributed by atoms with E-state index < -0.39 is 0 Å². The van der Waals surface area contributed by atoms with Crippen LogP contribution in [0.2, 0.25) is 0 Å². The minimum absolute atomic E-state index is 0.754. The van der Waals surface area contributed by atoms with Gasteiger partial charge in [-0.2, -0.15) is 9.78 Å². The zero-order valence-corrected chi connectivity index (χ0v) is 19.8. The number of halogens is 1. The first-order chi connectivity index (χ1) is 14.7. The van der Waals surface area contributed by atoms with Gasteiger partial charge < -0.3 is 4.74 Å². The number of unbranched alkanes of at least 4 members (excludes halogenated alkanes) is 1. The van der Waals surface area contributed by atoms with Crippen LogP contribution in [0.1, 0.15) is 50.1 Å². The van der Waals surface area contributed by atoms with Gasteiger partial charge in [-0.05, 0) is 60.4 Å². The van der Waals surface area contributed by atoms with Crippen molar-refractivity contribution in [3.05, 3.63) is 70.0 Å². The molecule has 0 bridgehead atoms. The monoisotopic (exact) mass is 486 g/mol. The Morgan fingerprint density at radius 1 is 1.03 bits per heavy atom. The summed E-state index contributed by atoms with van der Waals surface area (Å²) in [7, 11) is 0. The summed E-state index contributed by atoms with van der Waals surface area (Å²) in [5.74, 6) is 2.59. The molecule has 3 aromatic rings. The lowest BCUT2D eigenvalue weighted by Crippen LogP contribution is -2.00. The molecule has 1 heterocycles. The molecule has 0 aliphatic rings. The molecule has 0 fully saturated rings. The lowest BCUT2D eigenvalue weighted by atomic mass is 10.2. The maximum absolute atomic E-state index is 5.73. The summed E-state index contributed by atoms with van der Waals surface area (Å²) in [6.07, 6.45) is 5.88. The van der Waals surface area contributed by atoms with E-state index >= 15 is 0 Å². The quantitative estimate of drug-likeness (QED) is 0.180. The Bertz CT molecular complexity index is 939. The summed E-state index contributed by atoms with van der Waals surface area (Å²) in [5.41, 5.74) is 2.25. The average molecular weight is 487 g/mol. The molecule has 0 atom stereocenters. The lowest BCUT2D eigenvalue weighted by Gasteiger charge is -2.06. The second-order valence-corrected chi connectivity index (χ2v) is 8.75. The number of ether oxygens (including phenoxy) is 1. The van der Waals surface area contributed by atoms with Gasteiger partial charge in [0.25, 0.3) is 0 Å². The molecule has 30 heavy (non-hydrogen) atoms. The molecule has 2 aromatic carbocycles. The van der Waals surface area contributed by atoms with E-state index in [1.807, 2.05) is 35.2 Å². The Labute approximate surface area is 191 Å². The molecule has 0 N–H and O–H groups in total. The van der Waals surface area contributed by atoms with Crippen molar-refractivity contribution >= 4 is 33.9 Å². The maximum atomic E-state index is 5.73. The van der Waals surface area contributed by atoms with E-state index in [4.69, 9.17) is 4.74 Å². The highest BCUT2D eigenvalue weighted by molar-refractivity contribution is 9.10. The smallest absolute Gasteiger partial charge is 0.212 e. The first kappa shape index (κ1) is 22.6. The minimum Gasteiger partial charge on any atom is -0.494 e. The summed E-state index contributed by atoms with van der Waals surface area (Å²) < 4.78 is 8.67. The van der Waals surface area contributed by atoms with Crippen molar-refractivity contribution in [2.24, 2.45) is 5.10 Å². The second-order valence-electron chi connectivity index (χ2n) is 6.89. The number of nitrogens with zero attached hydrogens (tertiary/aromatic N) is 4. The highest BCUT2D eigenvalue weighted by Gasteiger charge is 2.11. The second kappa shape index (κ2) is 11.9. The van der Waals surface area contributed by atoms with Crippen molar-refractivity contribution in [3.63, 3.8) is 0 Å². The van der Waals surface area contributed by atoms with Crippen LogP contribution in [0.15, 0.2) is 63.3 Å². The summed E-state index contributed by atoms with van der Waals surface area (Å²) in [6, 6.07) is 16.3. The maximum Gasteiger partial charge on any atom is 0.212 e. The fraction of sp³-hybridized carbons (Fsp3) is 0.348. The van der Waals surface area contributed by atoms with Crippen LogP contribution in [0.3, 0.4) is 0 Å². The van der Waals surface area contributed by atoms with Crippen LogP contribution in [-0.2, 0) is 12.2 Å². The fourth-order valence-electron chi connectivity index (χ4n) is 2.72. The van der Waals surface area contributed by atoms with Crippen molar-refractivity contribution in [2.45, 2.75) is 50.4 Å². The van der Waals surface area contributed by atoms with Crippen LogP contribution in [0, 0.1) is 0 Å². The van der Waals surface area contributed by atoms with Gasteiger partial charge in [-0.15, -0.1) is 10.2 Å². The fourth-order valence-corrected chi connectivity index (χ4v) is 3.84. The number of hydrogen-bond donors (Lipinski definition) is 0. The van der Waals surface area contributed by atoms with Gasteiger partial charge in [0.1, 0.15) is 5.75 Å². The first-order valence-corrected chi connectivity index (χ1v) is 12.1. The standard InChI is InChI=1S/C23H27BrN4OS/c1-3-5-15-29-21-13-9-18(10-14-21)16-25-28-22(6-4-2)26-27-23(28)30-17-19-7-11-20(24)12-8-19/h7-14,16H,3-6,15,17H2,1-2H3/b25-16-. The van der Waals surface area contributed by atoms with Crippen LogP contribution in [0.5, 0.6) is 5.75 Å². The van der Waals surface area contributed by atoms with Gasteiger partial charge >= 0.3 is 0 Å². The third kappa shape index (κ3) is 6.71. The van der Waals surface area contributed by atoms with E-state index in [1.165, 1.54) is 5.56 Å². The summed E-state index contributed by atoms with van der Waals surface area (Å²) >= 11 is 5.12. The number of aromatic nitrogens is 3. The van der Waals surface area contributed by atoms with Crippen molar-refractivity contribution in [1.29, 1.82) is 0 Å². The van der Waals surface area contributed by atoms with Crippen LogP contribution >= 0.6 is 27.7 Å². The largest absolute Gasteiger partial charge is 0.494 e. The van der Waals surface area contributed by atoms with Crippen LogP contribution in [-0.4, -0.2) is 27.7 Å². The predicted octanol–water partition coefficient (Wildman–Crippen LogP) is 6.35. The van der Waals surface area contributed by atoms with Crippen LogP contribution in [0.4, 0.5) is 0 Å². The van der Waals surface area contributed by atoms with E-state index in [-0.39, 0.29) is 0 Å². The summed E-state index contributed by atoms with van der Waals surface area (Å²) in [6.45, 7) is 5.05. The molecule has 0 aliphatic carbocycles. The molecular weight excluding hydrogens is 460 g/mol. The topological polar surface area (TPSA) is 52.3 Å². The number of hydrogen-bond acceptors (Lipinski definition) is 5.